The van der Waals surface area contributed by atoms with Crippen LogP contribution in [0.4, 0.5) is 5.69 Å². The molecule has 0 fully saturated rings. The molecule has 2 aromatic carbocycles. The predicted molar refractivity (Wildman–Crippen MR) is 105 cm³/mol. The van der Waals surface area contributed by atoms with Crippen molar-refractivity contribution in [3.05, 3.63) is 54.1 Å². The van der Waals surface area contributed by atoms with E-state index in [4.69, 9.17) is 15.2 Å². The van der Waals surface area contributed by atoms with Gasteiger partial charge in [0.2, 0.25) is 0 Å². The van der Waals surface area contributed by atoms with Crippen molar-refractivity contribution in [3.63, 3.8) is 0 Å². The first-order chi connectivity index (χ1) is 10.7. The summed E-state index contributed by atoms with van der Waals surface area (Å²) in [5.41, 5.74) is 7.89. The van der Waals surface area contributed by atoms with E-state index in [1.54, 1.807) is 14.2 Å². The first kappa shape index (κ1) is 19.1. The zero-order chi connectivity index (χ0) is 15.8. The van der Waals surface area contributed by atoms with Crippen LogP contribution in [-0.4, -0.2) is 26.7 Å². The molecule has 6 heteroatoms. The van der Waals surface area contributed by atoms with Crippen LogP contribution in [0.3, 0.4) is 0 Å². The molecular formula is C17H22IN3O2. The molecule has 0 aromatic heterocycles. The van der Waals surface area contributed by atoms with Gasteiger partial charge in [0, 0.05) is 12.6 Å². The summed E-state index contributed by atoms with van der Waals surface area (Å²) >= 11 is 0. The van der Waals surface area contributed by atoms with E-state index in [9.17, 15) is 0 Å². The summed E-state index contributed by atoms with van der Waals surface area (Å²) < 4.78 is 10.5. The average Bonchev–Trinajstić information content (AvgIpc) is 2.55. The molecule has 5 nitrogen and oxygen atoms in total. The van der Waals surface area contributed by atoms with Gasteiger partial charge in [-0.15, -0.1) is 24.0 Å². The van der Waals surface area contributed by atoms with Gasteiger partial charge in [0.1, 0.15) is 11.5 Å². The third-order valence-corrected chi connectivity index (χ3v) is 3.19. The van der Waals surface area contributed by atoms with Crippen LogP contribution in [0.1, 0.15) is 5.56 Å². The number of benzene rings is 2. The van der Waals surface area contributed by atoms with Crippen LogP contribution in [0.15, 0.2) is 53.5 Å². The normalized spacial score (nSPS) is 10.6. The maximum atomic E-state index is 5.93. The number of hydrogen-bond donors (Lipinski definition) is 2. The molecule has 0 heterocycles. The summed E-state index contributed by atoms with van der Waals surface area (Å²) in [7, 11) is 3.22. The van der Waals surface area contributed by atoms with Crippen LogP contribution in [-0.2, 0) is 6.42 Å². The number of halogens is 1. The van der Waals surface area contributed by atoms with Crippen LogP contribution < -0.4 is 20.5 Å². The summed E-state index contributed by atoms with van der Waals surface area (Å²) in [6.45, 7) is 0.620. The second kappa shape index (κ2) is 9.94. The van der Waals surface area contributed by atoms with Crippen molar-refractivity contribution in [2.45, 2.75) is 6.42 Å². The van der Waals surface area contributed by atoms with Gasteiger partial charge in [0.15, 0.2) is 5.96 Å². The number of nitrogens with two attached hydrogens (primary N) is 1. The molecule has 0 saturated carbocycles. The summed E-state index contributed by atoms with van der Waals surface area (Å²) in [4.78, 5) is 4.33. The van der Waals surface area contributed by atoms with Gasteiger partial charge in [-0.1, -0.05) is 30.3 Å². The molecule has 0 spiro atoms. The van der Waals surface area contributed by atoms with Gasteiger partial charge in [0.05, 0.1) is 19.9 Å². The number of rotatable bonds is 6. The van der Waals surface area contributed by atoms with Gasteiger partial charge < -0.3 is 20.5 Å². The molecule has 0 amide bonds. The Morgan fingerprint density at radius 1 is 1.09 bits per heavy atom. The Kier molecular flexibility index (Phi) is 8.25. The van der Waals surface area contributed by atoms with Crippen LogP contribution in [0.5, 0.6) is 11.5 Å². The third-order valence-electron chi connectivity index (χ3n) is 3.19. The highest BCUT2D eigenvalue weighted by molar-refractivity contribution is 14.0. The van der Waals surface area contributed by atoms with E-state index in [0.29, 0.717) is 18.3 Å². The molecule has 0 atom stereocenters. The Balaban J connectivity index is 0.00000264. The third kappa shape index (κ3) is 5.97. The number of nitrogens with one attached hydrogen (secondary N) is 1. The largest absolute Gasteiger partial charge is 0.497 e. The number of methoxy groups -OCH3 is 2. The Bertz CT molecular complexity index is 633. The second-order valence-electron chi connectivity index (χ2n) is 4.69. The Labute approximate surface area is 153 Å². The zero-order valence-corrected chi connectivity index (χ0v) is 15.6. The van der Waals surface area contributed by atoms with E-state index in [1.807, 2.05) is 36.4 Å². The van der Waals surface area contributed by atoms with Crippen molar-refractivity contribution in [2.75, 3.05) is 26.1 Å². The highest BCUT2D eigenvalue weighted by Gasteiger charge is 2.05. The number of nitrogens with zero attached hydrogens (tertiary/aromatic N) is 1. The molecule has 124 valence electrons. The zero-order valence-electron chi connectivity index (χ0n) is 13.3. The fraction of sp³-hybridized carbons (Fsp3) is 0.235. The van der Waals surface area contributed by atoms with Crippen LogP contribution in [0.25, 0.3) is 0 Å². The molecular weight excluding hydrogens is 405 g/mol. The summed E-state index contributed by atoms with van der Waals surface area (Å²) in [6.07, 6.45) is 0.846. The highest BCUT2D eigenvalue weighted by Crippen LogP contribution is 2.28. The molecule has 0 bridgehead atoms. The number of guanidine groups is 1. The highest BCUT2D eigenvalue weighted by atomic mass is 127. The molecule has 0 radical (unpaired) electrons. The van der Waals surface area contributed by atoms with Gasteiger partial charge in [-0.3, -0.25) is 4.99 Å². The Hall–Kier alpha value is -1.96. The first-order valence-corrected chi connectivity index (χ1v) is 7.06. The van der Waals surface area contributed by atoms with E-state index >= 15 is 0 Å². The molecule has 23 heavy (non-hydrogen) atoms. The lowest BCUT2D eigenvalue weighted by Gasteiger charge is -2.12. The van der Waals surface area contributed by atoms with Gasteiger partial charge in [-0.2, -0.15) is 0 Å². The number of ether oxygens (including phenoxy) is 2. The molecule has 2 aromatic rings. The smallest absolute Gasteiger partial charge is 0.193 e. The Morgan fingerprint density at radius 3 is 2.48 bits per heavy atom. The first-order valence-electron chi connectivity index (χ1n) is 7.06. The second-order valence-corrected chi connectivity index (χ2v) is 4.69. The van der Waals surface area contributed by atoms with E-state index in [2.05, 4.69) is 22.4 Å². The summed E-state index contributed by atoms with van der Waals surface area (Å²) in [5, 5.41) is 3.05. The molecule has 0 unspecified atom stereocenters. The fourth-order valence-electron chi connectivity index (χ4n) is 2.04. The lowest BCUT2D eigenvalue weighted by Crippen LogP contribution is -2.23. The van der Waals surface area contributed by atoms with Crippen molar-refractivity contribution in [3.8, 4) is 11.5 Å². The molecule has 0 aliphatic heterocycles. The van der Waals surface area contributed by atoms with E-state index < -0.39 is 0 Å². The van der Waals surface area contributed by atoms with Gasteiger partial charge in [0.25, 0.3) is 0 Å². The van der Waals surface area contributed by atoms with Crippen molar-refractivity contribution >= 4 is 35.6 Å². The predicted octanol–water partition coefficient (Wildman–Crippen LogP) is 3.29. The monoisotopic (exact) mass is 427 g/mol. The van der Waals surface area contributed by atoms with Crippen LogP contribution >= 0.6 is 24.0 Å². The van der Waals surface area contributed by atoms with E-state index in [0.717, 1.165) is 17.9 Å². The van der Waals surface area contributed by atoms with Crippen LogP contribution in [0, 0.1) is 0 Å². The van der Waals surface area contributed by atoms with Crippen molar-refractivity contribution in [1.29, 1.82) is 0 Å². The standard InChI is InChI=1S/C17H21N3O2.HI/c1-21-14-8-9-16(22-2)15(12-14)20-17(18)19-11-10-13-6-4-3-5-7-13;/h3-9,12H,10-11H2,1-2H3,(H3,18,19,20);1H. The Morgan fingerprint density at radius 2 is 1.83 bits per heavy atom. The van der Waals surface area contributed by atoms with Crippen molar-refractivity contribution < 1.29 is 9.47 Å². The number of aliphatic imine (C=N–C) groups is 1. The maximum absolute atomic E-state index is 5.93. The molecule has 0 aliphatic carbocycles. The summed E-state index contributed by atoms with van der Waals surface area (Å²) in [5.74, 6) is 1.75. The molecule has 0 aliphatic rings. The quantitative estimate of drug-likeness (QED) is 0.422. The molecule has 0 saturated heterocycles. The maximum Gasteiger partial charge on any atom is 0.193 e. The van der Waals surface area contributed by atoms with Crippen molar-refractivity contribution in [1.82, 2.24) is 0 Å². The minimum absolute atomic E-state index is 0. The summed E-state index contributed by atoms with van der Waals surface area (Å²) in [6, 6.07) is 15.6. The topological polar surface area (TPSA) is 68.9 Å². The van der Waals surface area contributed by atoms with Gasteiger partial charge >= 0.3 is 0 Å². The fourth-order valence-corrected chi connectivity index (χ4v) is 2.04. The van der Waals surface area contributed by atoms with Gasteiger partial charge in [-0.05, 0) is 24.1 Å². The molecule has 2 rings (SSSR count). The van der Waals surface area contributed by atoms with E-state index in [-0.39, 0.29) is 24.0 Å². The number of hydrogen-bond acceptors (Lipinski definition) is 3. The minimum atomic E-state index is 0. The lowest BCUT2D eigenvalue weighted by molar-refractivity contribution is 0.405. The SMILES string of the molecule is COc1ccc(OC)c(NC(N)=NCCc2ccccc2)c1.I. The van der Waals surface area contributed by atoms with Crippen LogP contribution in [0.2, 0.25) is 0 Å². The average molecular weight is 427 g/mol. The van der Waals surface area contributed by atoms with Crippen molar-refractivity contribution in [2.24, 2.45) is 10.7 Å². The van der Waals surface area contributed by atoms with Gasteiger partial charge in [-0.25, -0.2) is 0 Å². The lowest BCUT2D eigenvalue weighted by atomic mass is 10.2. The van der Waals surface area contributed by atoms with E-state index in [1.165, 1.54) is 5.56 Å². The number of anilines is 1. The molecule has 3 N–H and O–H groups in total. The minimum Gasteiger partial charge on any atom is -0.497 e.